The number of aryl methyl sites for hydroxylation is 1. The predicted octanol–water partition coefficient (Wildman–Crippen LogP) is 4.00. The van der Waals surface area contributed by atoms with Crippen LogP contribution in [-0.4, -0.2) is 47.6 Å². The molecule has 1 aromatic heterocycles. The fourth-order valence-electron chi connectivity index (χ4n) is 3.56. The Morgan fingerprint density at radius 1 is 1.24 bits per heavy atom. The molecule has 1 aromatic carbocycles. The molecule has 0 amide bonds. The molecule has 0 bridgehead atoms. The topological polar surface area (TPSA) is 52.6 Å². The molecule has 2 heterocycles. The maximum absolute atomic E-state index is 4.89. The molecule has 3 rings (SSSR count). The lowest BCUT2D eigenvalue weighted by atomic mass is 9.94. The van der Waals surface area contributed by atoms with E-state index in [1.165, 1.54) is 11.1 Å². The Labute approximate surface area is 196 Å². The summed E-state index contributed by atoms with van der Waals surface area (Å²) >= 11 is 1.71. The summed E-state index contributed by atoms with van der Waals surface area (Å²) in [6.45, 7) is 13.3. The minimum atomic E-state index is 0. The van der Waals surface area contributed by atoms with E-state index in [-0.39, 0.29) is 29.5 Å². The zero-order chi connectivity index (χ0) is 20.0. The molecule has 1 aliphatic heterocycles. The summed E-state index contributed by atoms with van der Waals surface area (Å²) in [7, 11) is 0. The van der Waals surface area contributed by atoms with Crippen molar-refractivity contribution in [3.63, 3.8) is 0 Å². The van der Waals surface area contributed by atoms with Crippen LogP contribution in [0, 0.1) is 6.92 Å². The molecule has 1 aliphatic rings. The molecular formula is C22H34IN5S. The standard InChI is InChI=1S/C22H33N5S.HI/c1-5-23-21(24-12-10-20-15-28-17(2)26-20)25-16-22(3,4)27-13-11-18-8-6-7-9-19(18)14-27;/h6-9,15H,5,10-14,16H2,1-4H3,(H2,23,24,25);1H. The van der Waals surface area contributed by atoms with Gasteiger partial charge in [0.2, 0.25) is 0 Å². The predicted molar refractivity (Wildman–Crippen MR) is 135 cm³/mol. The third-order valence-corrected chi connectivity index (χ3v) is 6.12. The molecule has 2 aromatic rings. The summed E-state index contributed by atoms with van der Waals surface area (Å²) < 4.78 is 0. The van der Waals surface area contributed by atoms with Crippen molar-refractivity contribution in [2.45, 2.75) is 52.6 Å². The van der Waals surface area contributed by atoms with E-state index in [2.05, 4.69) is 70.9 Å². The van der Waals surface area contributed by atoms with Crippen molar-refractivity contribution in [1.29, 1.82) is 0 Å². The van der Waals surface area contributed by atoms with E-state index in [1.54, 1.807) is 11.3 Å². The number of hydrogen-bond acceptors (Lipinski definition) is 4. The average Bonchev–Trinajstić information content (AvgIpc) is 3.11. The Kier molecular flexibility index (Phi) is 9.36. The summed E-state index contributed by atoms with van der Waals surface area (Å²) in [5.41, 5.74) is 4.11. The van der Waals surface area contributed by atoms with Gasteiger partial charge in [0.1, 0.15) is 0 Å². The third-order valence-electron chi connectivity index (χ3n) is 5.30. The number of aliphatic imine (C=N–C) groups is 1. The van der Waals surface area contributed by atoms with E-state index in [0.717, 1.165) is 62.2 Å². The van der Waals surface area contributed by atoms with Crippen LogP contribution in [0.4, 0.5) is 0 Å². The molecule has 2 N–H and O–H groups in total. The van der Waals surface area contributed by atoms with Gasteiger partial charge in [-0.05, 0) is 45.2 Å². The molecular weight excluding hydrogens is 493 g/mol. The van der Waals surface area contributed by atoms with Crippen LogP contribution in [-0.2, 0) is 19.4 Å². The highest BCUT2D eigenvalue weighted by molar-refractivity contribution is 14.0. The fraction of sp³-hybridized carbons (Fsp3) is 0.545. The van der Waals surface area contributed by atoms with Crippen LogP contribution in [0.1, 0.15) is 42.6 Å². The smallest absolute Gasteiger partial charge is 0.191 e. The largest absolute Gasteiger partial charge is 0.357 e. The molecule has 0 atom stereocenters. The lowest BCUT2D eigenvalue weighted by molar-refractivity contribution is 0.111. The minimum Gasteiger partial charge on any atom is -0.357 e. The zero-order valence-electron chi connectivity index (χ0n) is 18.0. The number of hydrogen-bond donors (Lipinski definition) is 2. The van der Waals surface area contributed by atoms with Crippen LogP contribution in [0.2, 0.25) is 0 Å². The van der Waals surface area contributed by atoms with E-state index in [1.807, 2.05) is 6.92 Å². The van der Waals surface area contributed by atoms with Crippen LogP contribution in [0.3, 0.4) is 0 Å². The van der Waals surface area contributed by atoms with E-state index < -0.39 is 0 Å². The van der Waals surface area contributed by atoms with Gasteiger partial charge in [0.25, 0.3) is 0 Å². The quantitative estimate of drug-likeness (QED) is 0.325. The Morgan fingerprint density at radius 2 is 2.00 bits per heavy atom. The summed E-state index contributed by atoms with van der Waals surface area (Å²) in [5.74, 6) is 0.889. The number of fused-ring (bicyclic) bond motifs is 1. The second kappa shape index (κ2) is 11.3. The van der Waals surface area contributed by atoms with Crippen molar-refractivity contribution in [3.05, 3.63) is 51.5 Å². The van der Waals surface area contributed by atoms with E-state index >= 15 is 0 Å². The lowest BCUT2D eigenvalue weighted by Crippen LogP contribution is -2.49. The zero-order valence-corrected chi connectivity index (χ0v) is 21.1. The summed E-state index contributed by atoms with van der Waals surface area (Å²) in [6, 6.07) is 8.80. The van der Waals surface area contributed by atoms with Crippen molar-refractivity contribution >= 4 is 41.3 Å². The van der Waals surface area contributed by atoms with Crippen LogP contribution >= 0.6 is 35.3 Å². The van der Waals surface area contributed by atoms with Gasteiger partial charge in [-0.15, -0.1) is 35.3 Å². The van der Waals surface area contributed by atoms with Gasteiger partial charge in [0, 0.05) is 43.5 Å². The lowest BCUT2D eigenvalue weighted by Gasteiger charge is -2.40. The van der Waals surface area contributed by atoms with Crippen LogP contribution in [0.15, 0.2) is 34.6 Å². The number of nitrogens with one attached hydrogen (secondary N) is 2. The Morgan fingerprint density at radius 3 is 2.69 bits per heavy atom. The first kappa shape index (κ1) is 24.1. The highest BCUT2D eigenvalue weighted by Gasteiger charge is 2.29. The number of aromatic nitrogens is 1. The fourth-order valence-corrected chi connectivity index (χ4v) is 4.21. The van der Waals surface area contributed by atoms with Gasteiger partial charge in [0.05, 0.1) is 17.2 Å². The van der Waals surface area contributed by atoms with E-state index in [9.17, 15) is 0 Å². The molecule has 29 heavy (non-hydrogen) atoms. The van der Waals surface area contributed by atoms with Crippen molar-refractivity contribution in [3.8, 4) is 0 Å². The highest BCUT2D eigenvalue weighted by Crippen LogP contribution is 2.25. The Bertz CT molecular complexity index is 802. The van der Waals surface area contributed by atoms with E-state index in [0.29, 0.717) is 0 Å². The molecule has 0 unspecified atom stereocenters. The maximum Gasteiger partial charge on any atom is 0.191 e. The minimum absolute atomic E-state index is 0. The first-order valence-corrected chi connectivity index (χ1v) is 11.1. The molecule has 0 aliphatic carbocycles. The summed E-state index contributed by atoms with van der Waals surface area (Å²) in [5, 5.41) is 10.1. The average molecular weight is 528 g/mol. The maximum atomic E-state index is 4.89. The van der Waals surface area contributed by atoms with Crippen molar-refractivity contribution < 1.29 is 0 Å². The molecule has 0 saturated carbocycles. The van der Waals surface area contributed by atoms with Crippen LogP contribution in [0.5, 0.6) is 0 Å². The van der Waals surface area contributed by atoms with Gasteiger partial charge in [-0.1, -0.05) is 24.3 Å². The molecule has 0 radical (unpaired) electrons. The van der Waals surface area contributed by atoms with E-state index in [4.69, 9.17) is 4.99 Å². The Hall–Kier alpha value is -1.19. The van der Waals surface area contributed by atoms with Crippen molar-refractivity contribution in [2.24, 2.45) is 4.99 Å². The highest BCUT2D eigenvalue weighted by atomic mass is 127. The molecule has 0 spiro atoms. The molecule has 5 nitrogen and oxygen atoms in total. The number of guanidine groups is 1. The normalized spacial score (nSPS) is 14.8. The van der Waals surface area contributed by atoms with Gasteiger partial charge in [0.15, 0.2) is 5.96 Å². The molecule has 7 heteroatoms. The molecule has 0 saturated heterocycles. The SMILES string of the molecule is CCNC(=NCC(C)(C)N1CCc2ccccc2C1)NCCc1csc(C)n1.I. The second-order valence-corrected chi connectivity index (χ2v) is 9.04. The van der Waals surface area contributed by atoms with Crippen molar-refractivity contribution in [1.82, 2.24) is 20.5 Å². The van der Waals surface area contributed by atoms with Gasteiger partial charge < -0.3 is 10.6 Å². The summed E-state index contributed by atoms with van der Waals surface area (Å²) in [4.78, 5) is 12.0. The van der Waals surface area contributed by atoms with Gasteiger partial charge in [-0.3, -0.25) is 9.89 Å². The van der Waals surface area contributed by atoms with Gasteiger partial charge in [-0.2, -0.15) is 0 Å². The second-order valence-electron chi connectivity index (χ2n) is 7.98. The number of nitrogens with zero attached hydrogens (tertiary/aromatic N) is 3. The molecule has 0 fully saturated rings. The van der Waals surface area contributed by atoms with Crippen LogP contribution in [0.25, 0.3) is 0 Å². The Balaban J connectivity index is 0.00000300. The number of thiazole rings is 1. The van der Waals surface area contributed by atoms with Crippen molar-refractivity contribution in [2.75, 3.05) is 26.2 Å². The third kappa shape index (κ3) is 6.93. The number of halogens is 1. The monoisotopic (exact) mass is 527 g/mol. The first-order valence-electron chi connectivity index (χ1n) is 10.2. The molecule has 160 valence electrons. The summed E-state index contributed by atoms with van der Waals surface area (Å²) in [6.07, 6.45) is 2.04. The number of benzene rings is 1. The first-order chi connectivity index (χ1) is 13.5. The van der Waals surface area contributed by atoms with Gasteiger partial charge >= 0.3 is 0 Å². The van der Waals surface area contributed by atoms with Gasteiger partial charge in [-0.25, -0.2) is 4.98 Å². The van der Waals surface area contributed by atoms with Crippen LogP contribution < -0.4 is 10.6 Å². The number of rotatable bonds is 7.